The van der Waals surface area contributed by atoms with E-state index in [1.165, 1.54) is 11.9 Å². The minimum Gasteiger partial charge on any atom is -0.484 e. The summed E-state index contributed by atoms with van der Waals surface area (Å²) in [5.41, 5.74) is 0. The van der Waals surface area contributed by atoms with E-state index < -0.39 is 5.97 Å². The zero-order valence-electron chi connectivity index (χ0n) is 10.9. The molecule has 0 aromatic heterocycles. The Hall–Kier alpha value is -1.56. The van der Waals surface area contributed by atoms with Gasteiger partial charge in [0, 0.05) is 11.5 Å². The van der Waals surface area contributed by atoms with Gasteiger partial charge in [0.05, 0.1) is 6.61 Å². The Labute approximate surface area is 120 Å². The molecule has 0 N–H and O–H groups in total. The Morgan fingerprint density at radius 3 is 2.74 bits per heavy atom. The molecule has 0 radical (unpaired) electrons. The highest BCUT2D eigenvalue weighted by molar-refractivity contribution is 9.10. The van der Waals surface area contributed by atoms with E-state index in [0.717, 1.165) is 4.47 Å². The molecule has 0 saturated carbocycles. The Morgan fingerprint density at radius 1 is 1.37 bits per heavy atom. The lowest BCUT2D eigenvalue weighted by Gasteiger charge is -2.16. The van der Waals surface area contributed by atoms with Gasteiger partial charge in [-0.3, -0.25) is 9.59 Å². The molecule has 19 heavy (non-hydrogen) atoms. The molecule has 0 aliphatic carbocycles. The molecule has 104 valence electrons. The summed E-state index contributed by atoms with van der Waals surface area (Å²) < 4.78 is 11.0. The van der Waals surface area contributed by atoms with Gasteiger partial charge in [0.2, 0.25) is 0 Å². The SMILES string of the molecule is CCOC(=O)CN(C)C(=O)COc1cccc(Br)c1. The van der Waals surface area contributed by atoms with E-state index in [4.69, 9.17) is 9.47 Å². The van der Waals surface area contributed by atoms with Crippen molar-refractivity contribution < 1.29 is 19.1 Å². The van der Waals surface area contributed by atoms with Gasteiger partial charge in [-0.05, 0) is 25.1 Å². The summed E-state index contributed by atoms with van der Waals surface area (Å²) in [6.07, 6.45) is 0. The van der Waals surface area contributed by atoms with Crippen LogP contribution in [-0.2, 0) is 14.3 Å². The molecule has 1 rings (SSSR count). The fraction of sp³-hybridized carbons (Fsp3) is 0.385. The third-order valence-electron chi connectivity index (χ3n) is 2.26. The van der Waals surface area contributed by atoms with Crippen LogP contribution in [0.2, 0.25) is 0 Å². The number of ether oxygens (including phenoxy) is 2. The monoisotopic (exact) mass is 329 g/mol. The normalized spacial score (nSPS) is 9.84. The number of nitrogens with zero attached hydrogens (tertiary/aromatic N) is 1. The summed E-state index contributed by atoms with van der Waals surface area (Å²) in [4.78, 5) is 24.2. The maximum atomic E-state index is 11.7. The lowest BCUT2D eigenvalue weighted by Crippen LogP contribution is -2.36. The topological polar surface area (TPSA) is 55.8 Å². The molecule has 0 heterocycles. The van der Waals surface area contributed by atoms with E-state index in [0.29, 0.717) is 12.4 Å². The number of hydrogen-bond acceptors (Lipinski definition) is 4. The Balaban J connectivity index is 2.40. The standard InChI is InChI=1S/C13H16BrNO4/c1-3-18-13(17)8-15(2)12(16)9-19-11-6-4-5-10(14)7-11/h4-7H,3,8-9H2,1-2H3. The van der Waals surface area contributed by atoms with Gasteiger partial charge >= 0.3 is 5.97 Å². The Kier molecular flexibility index (Phi) is 6.35. The van der Waals surface area contributed by atoms with Crippen molar-refractivity contribution in [1.29, 1.82) is 0 Å². The van der Waals surface area contributed by atoms with Gasteiger partial charge in [-0.15, -0.1) is 0 Å². The first kappa shape index (κ1) is 15.5. The van der Waals surface area contributed by atoms with Gasteiger partial charge in [-0.1, -0.05) is 22.0 Å². The van der Waals surface area contributed by atoms with Gasteiger partial charge in [0.25, 0.3) is 5.91 Å². The second-order valence-corrected chi connectivity index (χ2v) is 4.72. The molecule has 6 heteroatoms. The van der Waals surface area contributed by atoms with Gasteiger partial charge < -0.3 is 14.4 Å². The van der Waals surface area contributed by atoms with E-state index in [1.807, 2.05) is 12.1 Å². The number of esters is 1. The van der Waals surface area contributed by atoms with Crippen molar-refractivity contribution in [1.82, 2.24) is 4.90 Å². The zero-order valence-corrected chi connectivity index (χ0v) is 12.5. The minimum atomic E-state index is -0.430. The Bertz CT molecular complexity index is 450. The van der Waals surface area contributed by atoms with E-state index in [1.54, 1.807) is 19.1 Å². The summed E-state index contributed by atoms with van der Waals surface area (Å²) in [5, 5.41) is 0. The van der Waals surface area contributed by atoms with E-state index in [9.17, 15) is 9.59 Å². The van der Waals surface area contributed by atoms with Crippen LogP contribution in [0.1, 0.15) is 6.92 Å². The highest BCUT2D eigenvalue weighted by Gasteiger charge is 2.14. The maximum Gasteiger partial charge on any atom is 0.325 e. The minimum absolute atomic E-state index is 0.0749. The third kappa shape index (κ3) is 5.74. The first-order valence-electron chi connectivity index (χ1n) is 5.81. The zero-order chi connectivity index (χ0) is 14.3. The van der Waals surface area contributed by atoms with Crippen molar-refractivity contribution in [3.05, 3.63) is 28.7 Å². The molecule has 0 aliphatic heterocycles. The van der Waals surface area contributed by atoms with Gasteiger partial charge in [0.1, 0.15) is 12.3 Å². The van der Waals surface area contributed by atoms with Crippen molar-refractivity contribution >= 4 is 27.8 Å². The molecule has 1 aromatic carbocycles. The van der Waals surface area contributed by atoms with Crippen LogP contribution in [0.5, 0.6) is 5.75 Å². The smallest absolute Gasteiger partial charge is 0.325 e. The number of amides is 1. The largest absolute Gasteiger partial charge is 0.484 e. The van der Waals surface area contributed by atoms with E-state index in [-0.39, 0.29) is 19.1 Å². The molecule has 0 atom stereocenters. The fourth-order valence-electron chi connectivity index (χ4n) is 1.30. The average Bonchev–Trinajstić information content (AvgIpc) is 2.36. The summed E-state index contributed by atoms with van der Waals surface area (Å²) >= 11 is 3.31. The van der Waals surface area contributed by atoms with E-state index >= 15 is 0 Å². The van der Waals surface area contributed by atoms with Crippen molar-refractivity contribution in [2.75, 3.05) is 26.8 Å². The average molecular weight is 330 g/mol. The number of carbonyl (C=O) groups excluding carboxylic acids is 2. The predicted molar refractivity (Wildman–Crippen MR) is 73.9 cm³/mol. The molecule has 0 saturated heterocycles. The maximum absolute atomic E-state index is 11.7. The second-order valence-electron chi connectivity index (χ2n) is 3.80. The van der Waals surface area contributed by atoms with Crippen LogP contribution in [0, 0.1) is 0 Å². The molecule has 1 amide bonds. The van der Waals surface area contributed by atoms with Crippen LogP contribution < -0.4 is 4.74 Å². The third-order valence-corrected chi connectivity index (χ3v) is 2.75. The summed E-state index contributed by atoms with van der Waals surface area (Å²) in [7, 11) is 1.53. The quantitative estimate of drug-likeness (QED) is 0.747. The molecule has 1 aromatic rings. The molecule has 0 fully saturated rings. The van der Waals surface area contributed by atoms with Gasteiger partial charge in [-0.25, -0.2) is 0 Å². The molecular weight excluding hydrogens is 314 g/mol. The van der Waals surface area contributed by atoms with Crippen molar-refractivity contribution in [2.24, 2.45) is 0 Å². The number of hydrogen-bond donors (Lipinski definition) is 0. The van der Waals surface area contributed by atoms with Crippen LogP contribution in [0.3, 0.4) is 0 Å². The number of benzene rings is 1. The molecule has 0 bridgehead atoms. The summed E-state index contributed by atoms with van der Waals surface area (Å²) in [6, 6.07) is 7.19. The molecule has 5 nitrogen and oxygen atoms in total. The van der Waals surface area contributed by atoms with Crippen molar-refractivity contribution in [3.63, 3.8) is 0 Å². The fourth-order valence-corrected chi connectivity index (χ4v) is 1.68. The van der Waals surface area contributed by atoms with Crippen LogP contribution in [0.25, 0.3) is 0 Å². The van der Waals surface area contributed by atoms with Crippen LogP contribution in [0.15, 0.2) is 28.7 Å². The molecular formula is C13H16BrNO4. The Morgan fingerprint density at radius 2 is 2.11 bits per heavy atom. The lowest BCUT2D eigenvalue weighted by atomic mass is 10.3. The number of carbonyl (C=O) groups is 2. The first-order chi connectivity index (χ1) is 9.02. The van der Waals surface area contributed by atoms with Gasteiger partial charge in [-0.2, -0.15) is 0 Å². The van der Waals surface area contributed by atoms with Crippen LogP contribution >= 0.6 is 15.9 Å². The highest BCUT2D eigenvalue weighted by Crippen LogP contribution is 2.17. The molecule has 0 aliphatic rings. The van der Waals surface area contributed by atoms with Gasteiger partial charge in [0.15, 0.2) is 6.61 Å². The van der Waals surface area contributed by atoms with Crippen molar-refractivity contribution in [3.8, 4) is 5.75 Å². The first-order valence-corrected chi connectivity index (χ1v) is 6.60. The summed E-state index contributed by atoms with van der Waals surface area (Å²) in [5.74, 6) is -0.124. The number of halogens is 1. The van der Waals surface area contributed by atoms with E-state index in [2.05, 4.69) is 15.9 Å². The lowest BCUT2D eigenvalue weighted by molar-refractivity contribution is -0.148. The second kappa shape index (κ2) is 7.78. The van der Waals surface area contributed by atoms with Crippen molar-refractivity contribution in [2.45, 2.75) is 6.92 Å². The number of rotatable bonds is 6. The molecule has 0 unspecified atom stereocenters. The van der Waals surface area contributed by atoms with Crippen LogP contribution in [-0.4, -0.2) is 43.6 Å². The molecule has 0 spiro atoms. The summed E-state index contributed by atoms with van der Waals surface area (Å²) in [6.45, 7) is 1.83. The highest BCUT2D eigenvalue weighted by atomic mass is 79.9. The van der Waals surface area contributed by atoms with Crippen LogP contribution in [0.4, 0.5) is 0 Å². The predicted octanol–water partition coefficient (Wildman–Crippen LogP) is 1.85. The number of likely N-dealkylation sites (N-methyl/N-ethyl adjacent to an activating group) is 1.